The number of amides is 2. The number of nitrogens with zero attached hydrogens (tertiary/aromatic N) is 1. The Labute approximate surface area is 169 Å². The van der Waals surface area contributed by atoms with Gasteiger partial charge in [-0.3, -0.25) is 19.3 Å². The SMILES string of the molecule is CC(=O)OCOC(=O)C1=CCS[C@@H]2C(NC(=O)Cc3cc(O)ccc3O)C(=O)N12. The van der Waals surface area contributed by atoms with Crippen LogP contribution in [0.15, 0.2) is 30.0 Å². The van der Waals surface area contributed by atoms with Crippen LogP contribution in [0.5, 0.6) is 11.5 Å². The Balaban J connectivity index is 1.59. The number of phenolic OH excluding ortho intramolecular Hbond substituents is 2. The van der Waals surface area contributed by atoms with Gasteiger partial charge in [-0.05, 0) is 24.3 Å². The molecule has 3 rings (SSSR count). The topological polar surface area (TPSA) is 142 Å². The third-order valence-corrected chi connectivity index (χ3v) is 5.42. The molecular formula is C18H18N2O8S. The third-order valence-electron chi connectivity index (χ3n) is 4.24. The maximum Gasteiger partial charge on any atom is 0.357 e. The maximum absolute atomic E-state index is 12.5. The number of nitrogens with one attached hydrogen (secondary N) is 1. The van der Waals surface area contributed by atoms with Crippen LogP contribution in [0.25, 0.3) is 0 Å². The minimum absolute atomic E-state index is 0.0297. The van der Waals surface area contributed by atoms with Crippen LogP contribution in [-0.2, 0) is 35.1 Å². The summed E-state index contributed by atoms with van der Waals surface area (Å²) in [7, 11) is 0. The van der Waals surface area contributed by atoms with Gasteiger partial charge in [0.25, 0.3) is 5.91 Å². The number of rotatable bonds is 6. The molecule has 2 amide bonds. The molecule has 2 aliphatic rings. The summed E-state index contributed by atoms with van der Waals surface area (Å²) in [6.45, 7) is 0.613. The number of β-lactam (4-membered cyclic amide) rings is 1. The fourth-order valence-corrected chi connectivity index (χ4v) is 4.07. The molecule has 0 bridgehead atoms. The van der Waals surface area contributed by atoms with Crippen LogP contribution in [0.2, 0.25) is 0 Å². The third kappa shape index (κ3) is 4.45. The highest BCUT2D eigenvalue weighted by molar-refractivity contribution is 8.00. The largest absolute Gasteiger partial charge is 0.508 e. The van der Waals surface area contributed by atoms with E-state index in [0.717, 1.165) is 0 Å². The number of ether oxygens (including phenoxy) is 2. The van der Waals surface area contributed by atoms with E-state index >= 15 is 0 Å². The van der Waals surface area contributed by atoms with Gasteiger partial charge >= 0.3 is 11.9 Å². The summed E-state index contributed by atoms with van der Waals surface area (Å²) < 4.78 is 9.37. The molecule has 1 aromatic rings. The number of esters is 2. The van der Waals surface area contributed by atoms with Crippen LogP contribution in [0.4, 0.5) is 0 Å². The summed E-state index contributed by atoms with van der Waals surface area (Å²) in [6.07, 6.45) is 1.30. The second kappa shape index (κ2) is 8.43. The highest BCUT2D eigenvalue weighted by Gasteiger charge is 2.53. The van der Waals surface area contributed by atoms with Crippen LogP contribution in [-0.4, -0.2) is 62.8 Å². The molecule has 10 nitrogen and oxygen atoms in total. The van der Waals surface area contributed by atoms with Crippen molar-refractivity contribution in [2.75, 3.05) is 12.5 Å². The first kappa shape index (κ1) is 20.5. The van der Waals surface area contributed by atoms with E-state index in [2.05, 4.69) is 10.1 Å². The minimum atomic E-state index is -0.836. The van der Waals surface area contributed by atoms with Crippen LogP contribution in [0.3, 0.4) is 0 Å². The Morgan fingerprint density at radius 2 is 2.03 bits per heavy atom. The minimum Gasteiger partial charge on any atom is -0.508 e. The lowest BCUT2D eigenvalue weighted by Gasteiger charge is -2.48. The first-order chi connectivity index (χ1) is 13.8. The second-order valence-corrected chi connectivity index (χ2v) is 7.39. The molecule has 1 saturated heterocycles. The molecule has 3 N–H and O–H groups in total. The molecule has 1 unspecified atom stereocenters. The summed E-state index contributed by atoms with van der Waals surface area (Å²) in [5.41, 5.74) is 0.249. The average molecular weight is 422 g/mol. The van der Waals surface area contributed by atoms with Gasteiger partial charge in [-0.2, -0.15) is 0 Å². The van der Waals surface area contributed by atoms with E-state index in [4.69, 9.17) is 4.74 Å². The van der Waals surface area contributed by atoms with Crippen LogP contribution in [0, 0.1) is 0 Å². The van der Waals surface area contributed by atoms with E-state index in [-0.39, 0.29) is 29.2 Å². The van der Waals surface area contributed by atoms with Crippen molar-refractivity contribution in [2.45, 2.75) is 24.8 Å². The predicted molar refractivity (Wildman–Crippen MR) is 99.3 cm³/mol. The van der Waals surface area contributed by atoms with Crippen molar-refractivity contribution in [3.8, 4) is 11.5 Å². The van der Waals surface area contributed by atoms with Gasteiger partial charge in [-0.15, -0.1) is 11.8 Å². The number of thioether (sulfide) groups is 1. The van der Waals surface area contributed by atoms with Crippen molar-refractivity contribution in [2.24, 2.45) is 0 Å². The lowest BCUT2D eigenvalue weighted by atomic mass is 10.0. The zero-order chi connectivity index (χ0) is 21.1. The molecule has 1 fully saturated rings. The van der Waals surface area contributed by atoms with Crippen molar-refractivity contribution in [1.29, 1.82) is 0 Å². The van der Waals surface area contributed by atoms with E-state index in [1.807, 2.05) is 0 Å². The number of carbonyl (C=O) groups is 4. The van der Waals surface area contributed by atoms with Crippen molar-refractivity contribution in [1.82, 2.24) is 10.2 Å². The maximum atomic E-state index is 12.5. The van der Waals surface area contributed by atoms with Crippen LogP contribution >= 0.6 is 11.8 Å². The zero-order valence-electron chi connectivity index (χ0n) is 15.3. The Morgan fingerprint density at radius 3 is 2.76 bits per heavy atom. The van der Waals surface area contributed by atoms with E-state index in [1.165, 1.54) is 47.9 Å². The summed E-state index contributed by atoms with van der Waals surface area (Å²) in [5.74, 6) is -2.23. The highest BCUT2D eigenvalue weighted by Crippen LogP contribution is 2.37. The monoisotopic (exact) mass is 422 g/mol. The van der Waals surface area contributed by atoms with E-state index in [1.54, 1.807) is 0 Å². The summed E-state index contributed by atoms with van der Waals surface area (Å²) in [5, 5.41) is 21.3. The summed E-state index contributed by atoms with van der Waals surface area (Å²) in [6, 6.07) is 2.98. The van der Waals surface area contributed by atoms with Crippen molar-refractivity contribution in [3.63, 3.8) is 0 Å². The Hall–Kier alpha value is -3.21. The van der Waals surface area contributed by atoms with E-state index in [0.29, 0.717) is 5.75 Å². The molecule has 29 heavy (non-hydrogen) atoms. The number of benzene rings is 1. The fourth-order valence-electron chi connectivity index (χ4n) is 2.88. The van der Waals surface area contributed by atoms with Gasteiger partial charge in [0, 0.05) is 18.2 Å². The lowest BCUT2D eigenvalue weighted by Crippen LogP contribution is -2.70. The van der Waals surface area contributed by atoms with Gasteiger partial charge in [0.2, 0.25) is 12.7 Å². The fraction of sp³-hybridized carbons (Fsp3) is 0.333. The van der Waals surface area contributed by atoms with E-state index in [9.17, 15) is 29.4 Å². The lowest BCUT2D eigenvalue weighted by molar-refractivity contribution is -0.166. The number of carbonyl (C=O) groups excluding carboxylic acids is 4. The molecule has 0 spiro atoms. The van der Waals surface area contributed by atoms with Gasteiger partial charge in [0.05, 0.1) is 6.42 Å². The molecule has 154 valence electrons. The molecule has 1 aromatic carbocycles. The van der Waals surface area contributed by atoms with Gasteiger partial charge in [0.1, 0.15) is 28.6 Å². The Morgan fingerprint density at radius 1 is 1.28 bits per heavy atom. The number of hydrogen-bond donors (Lipinski definition) is 3. The molecular weight excluding hydrogens is 404 g/mol. The summed E-state index contributed by atoms with van der Waals surface area (Å²) >= 11 is 1.36. The van der Waals surface area contributed by atoms with Crippen molar-refractivity contribution >= 4 is 35.5 Å². The molecule has 11 heteroatoms. The first-order valence-corrected chi connectivity index (χ1v) is 9.58. The smallest absolute Gasteiger partial charge is 0.357 e. The van der Waals surface area contributed by atoms with Crippen molar-refractivity contribution in [3.05, 3.63) is 35.5 Å². The number of phenols is 2. The molecule has 0 aliphatic carbocycles. The number of hydrogen-bond acceptors (Lipinski definition) is 9. The standard InChI is InChI=1S/C18H18N2O8S/c1-9(21)27-8-28-18(26)12-4-5-29-17-15(16(25)20(12)17)19-14(24)7-10-6-11(22)2-3-13(10)23/h2-4,6,15,17,22-23H,5,7-8H2,1H3,(H,19,24)/t15?,17-/m1/s1. The predicted octanol–water partition coefficient (Wildman–Crippen LogP) is -0.0121. The Kier molecular flexibility index (Phi) is 5.97. The molecule has 0 saturated carbocycles. The first-order valence-electron chi connectivity index (χ1n) is 8.53. The van der Waals surface area contributed by atoms with Gasteiger partial charge in [0.15, 0.2) is 0 Å². The summed E-state index contributed by atoms with van der Waals surface area (Å²) in [4.78, 5) is 48.8. The molecule has 2 heterocycles. The molecule has 0 radical (unpaired) electrons. The molecule has 0 aromatic heterocycles. The van der Waals surface area contributed by atoms with Crippen LogP contribution < -0.4 is 5.32 Å². The molecule has 2 aliphatic heterocycles. The van der Waals surface area contributed by atoms with Gasteiger partial charge < -0.3 is 25.0 Å². The molecule has 2 atom stereocenters. The number of aromatic hydroxyl groups is 2. The highest BCUT2D eigenvalue weighted by atomic mass is 32.2. The van der Waals surface area contributed by atoms with Gasteiger partial charge in [-0.25, -0.2) is 4.79 Å². The normalized spacial score (nSPS) is 20.1. The zero-order valence-corrected chi connectivity index (χ0v) is 16.1. The van der Waals surface area contributed by atoms with Gasteiger partial charge in [-0.1, -0.05) is 0 Å². The van der Waals surface area contributed by atoms with Crippen LogP contribution in [0.1, 0.15) is 12.5 Å². The number of fused-ring (bicyclic) bond motifs is 1. The average Bonchev–Trinajstić information content (AvgIpc) is 2.67. The quantitative estimate of drug-likeness (QED) is 0.250. The van der Waals surface area contributed by atoms with Crippen molar-refractivity contribution < 1.29 is 38.9 Å². The van der Waals surface area contributed by atoms with E-state index < -0.39 is 42.0 Å². The second-order valence-electron chi connectivity index (χ2n) is 6.24. The Bertz CT molecular complexity index is 900.